The predicted molar refractivity (Wildman–Crippen MR) is 67.6 cm³/mol. The number of amides is 2. The summed E-state index contributed by atoms with van der Waals surface area (Å²) in [6.45, 7) is 0.818. The summed E-state index contributed by atoms with van der Waals surface area (Å²) in [5.41, 5.74) is 0.766. The van der Waals surface area contributed by atoms with Gasteiger partial charge in [-0.25, -0.2) is 14.0 Å². The van der Waals surface area contributed by atoms with Crippen LogP contribution >= 0.6 is 0 Å². The smallest absolute Gasteiger partial charge is 0.334 e. The van der Waals surface area contributed by atoms with E-state index in [9.17, 15) is 14.0 Å². The van der Waals surface area contributed by atoms with Gasteiger partial charge < -0.3 is 20.1 Å². The molecule has 20 heavy (non-hydrogen) atoms. The SMILES string of the molecule is O=C(O)C1CN(C(=O)NCc2ccc(F)cc2)CCO1. The van der Waals surface area contributed by atoms with E-state index in [-0.39, 0.29) is 31.5 Å². The number of carbonyl (C=O) groups is 2. The van der Waals surface area contributed by atoms with E-state index in [2.05, 4.69) is 5.32 Å². The highest BCUT2D eigenvalue weighted by Crippen LogP contribution is 2.07. The van der Waals surface area contributed by atoms with Crippen molar-refractivity contribution in [1.29, 1.82) is 0 Å². The van der Waals surface area contributed by atoms with E-state index in [0.29, 0.717) is 6.54 Å². The average molecular weight is 282 g/mol. The van der Waals surface area contributed by atoms with Gasteiger partial charge in [-0.1, -0.05) is 12.1 Å². The summed E-state index contributed by atoms with van der Waals surface area (Å²) < 4.78 is 17.8. The number of hydrogen-bond donors (Lipinski definition) is 2. The summed E-state index contributed by atoms with van der Waals surface area (Å²) in [7, 11) is 0. The first kappa shape index (κ1) is 14.3. The van der Waals surface area contributed by atoms with E-state index in [1.165, 1.54) is 17.0 Å². The number of morpholine rings is 1. The van der Waals surface area contributed by atoms with E-state index >= 15 is 0 Å². The van der Waals surface area contributed by atoms with Crippen LogP contribution in [-0.4, -0.2) is 47.8 Å². The number of carbonyl (C=O) groups excluding carboxylic acids is 1. The number of rotatable bonds is 3. The lowest BCUT2D eigenvalue weighted by Crippen LogP contribution is -2.51. The fourth-order valence-corrected chi connectivity index (χ4v) is 1.87. The molecule has 2 amide bonds. The Balaban J connectivity index is 1.85. The molecule has 2 rings (SSSR count). The molecule has 0 aromatic heterocycles. The van der Waals surface area contributed by atoms with Gasteiger partial charge in [-0.05, 0) is 17.7 Å². The van der Waals surface area contributed by atoms with Crippen molar-refractivity contribution in [3.8, 4) is 0 Å². The third-order valence-electron chi connectivity index (χ3n) is 2.99. The maximum atomic E-state index is 12.7. The molecule has 1 aliphatic rings. The largest absolute Gasteiger partial charge is 0.479 e. The van der Waals surface area contributed by atoms with Crippen molar-refractivity contribution in [3.05, 3.63) is 35.6 Å². The number of benzene rings is 1. The number of carboxylic acid groups (broad SMARTS) is 1. The fourth-order valence-electron chi connectivity index (χ4n) is 1.87. The first-order valence-electron chi connectivity index (χ1n) is 6.18. The lowest BCUT2D eigenvalue weighted by atomic mass is 10.2. The molecule has 1 aromatic rings. The van der Waals surface area contributed by atoms with Gasteiger partial charge in [0.2, 0.25) is 0 Å². The molecule has 1 aliphatic heterocycles. The molecule has 0 radical (unpaired) electrons. The number of aliphatic carboxylic acids is 1. The number of urea groups is 1. The van der Waals surface area contributed by atoms with E-state index in [1.807, 2.05) is 0 Å². The van der Waals surface area contributed by atoms with Crippen molar-refractivity contribution in [1.82, 2.24) is 10.2 Å². The maximum absolute atomic E-state index is 12.7. The van der Waals surface area contributed by atoms with Crippen molar-refractivity contribution in [3.63, 3.8) is 0 Å². The van der Waals surface area contributed by atoms with Gasteiger partial charge in [0.15, 0.2) is 6.10 Å². The summed E-state index contributed by atoms with van der Waals surface area (Å²) >= 11 is 0. The van der Waals surface area contributed by atoms with Crippen molar-refractivity contribution < 1.29 is 23.8 Å². The summed E-state index contributed by atoms with van der Waals surface area (Å²) in [6, 6.07) is 5.43. The highest BCUT2D eigenvalue weighted by atomic mass is 19.1. The maximum Gasteiger partial charge on any atom is 0.334 e. The zero-order chi connectivity index (χ0) is 14.5. The second-order valence-electron chi connectivity index (χ2n) is 4.43. The van der Waals surface area contributed by atoms with Crippen LogP contribution in [0.15, 0.2) is 24.3 Å². The van der Waals surface area contributed by atoms with Crippen LogP contribution in [-0.2, 0) is 16.1 Å². The van der Waals surface area contributed by atoms with Crippen LogP contribution in [0.25, 0.3) is 0 Å². The minimum atomic E-state index is -1.08. The van der Waals surface area contributed by atoms with Gasteiger partial charge in [0, 0.05) is 13.1 Å². The predicted octanol–water partition coefficient (Wildman–Crippen LogP) is 0.821. The number of nitrogens with zero attached hydrogens (tertiary/aromatic N) is 1. The number of ether oxygens (including phenoxy) is 1. The summed E-state index contributed by atoms with van der Waals surface area (Å²) in [5, 5.41) is 11.5. The Morgan fingerprint density at radius 3 is 2.75 bits per heavy atom. The Kier molecular flexibility index (Phi) is 4.52. The fraction of sp³-hybridized carbons (Fsp3) is 0.385. The van der Waals surface area contributed by atoms with Gasteiger partial charge in [0.05, 0.1) is 13.2 Å². The lowest BCUT2D eigenvalue weighted by molar-refractivity contribution is -0.154. The molecule has 6 nitrogen and oxygen atoms in total. The van der Waals surface area contributed by atoms with Gasteiger partial charge in [-0.3, -0.25) is 0 Å². The molecule has 1 unspecified atom stereocenters. The number of hydrogen-bond acceptors (Lipinski definition) is 3. The van der Waals surface area contributed by atoms with Crippen LogP contribution in [0.4, 0.5) is 9.18 Å². The first-order chi connectivity index (χ1) is 9.56. The van der Waals surface area contributed by atoms with Gasteiger partial charge in [0.1, 0.15) is 5.82 Å². The molecule has 0 saturated carbocycles. The molecule has 1 fully saturated rings. The molecular weight excluding hydrogens is 267 g/mol. The normalized spacial score (nSPS) is 18.6. The molecule has 1 heterocycles. The van der Waals surface area contributed by atoms with Crippen LogP contribution in [0.1, 0.15) is 5.56 Å². The third-order valence-corrected chi connectivity index (χ3v) is 2.99. The molecule has 108 valence electrons. The molecule has 0 aliphatic carbocycles. The standard InChI is InChI=1S/C13H15FN2O4/c14-10-3-1-9(2-4-10)7-15-13(19)16-5-6-20-11(8-16)12(17)18/h1-4,11H,5-8H2,(H,15,19)(H,17,18). The first-order valence-corrected chi connectivity index (χ1v) is 6.18. The quantitative estimate of drug-likeness (QED) is 0.860. The second kappa shape index (κ2) is 6.33. The molecule has 0 spiro atoms. The minimum Gasteiger partial charge on any atom is -0.479 e. The number of nitrogens with one attached hydrogen (secondary N) is 1. The van der Waals surface area contributed by atoms with Crippen molar-refractivity contribution in [2.75, 3.05) is 19.7 Å². The molecular formula is C13H15FN2O4. The highest BCUT2D eigenvalue weighted by Gasteiger charge is 2.28. The number of carboxylic acids is 1. The number of halogens is 1. The topological polar surface area (TPSA) is 78.9 Å². The van der Waals surface area contributed by atoms with E-state index in [1.54, 1.807) is 12.1 Å². The Labute approximate surface area is 115 Å². The zero-order valence-electron chi connectivity index (χ0n) is 10.7. The Hall–Kier alpha value is -2.15. The molecule has 7 heteroatoms. The molecule has 0 bridgehead atoms. The van der Waals surface area contributed by atoms with Crippen LogP contribution in [0.5, 0.6) is 0 Å². The Morgan fingerprint density at radius 1 is 1.40 bits per heavy atom. The van der Waals surface area contributed by atoms with Gasteiger partial charge in [-0.15, -0.1) is 0 Å². The Bertz CT molecular complexity index is 492. The average Bonchev–Trinajstić information content (AvgIpc) is 2.46. The molecule has 2 N–H and O–H groups in total. The van der Waals surface area contributed by atoms with Gasteiger partial charge >= 0.3 is 12.0 Å². The molecule has 1 saturated heterocycles. The van der Waals surface area contributed by atoms with Crippen LogP contribution in [0.2, 0.25) is 0 Å². The highest BCUT2D eigenvalue weighted by molar-refractivity contribution is 5.77. The van der Waals surface area contributed by atoms with E-state index < -0.39 is 12.1 Å². The van der Waals surface area contributed by atoms with E-state index in [0.717, 1.165) is 5.56 Å². The van der Waals surface area contributed by atoms with Crippen molar-refractivity contribution in [2.45, 2.75) is 12.6 Å². The summed E-state index contributed by atoms with van der Waals surface area (Å²) in [6.07, 6.45) is -0.986. The van der Waals surface area contributed by atoms with Crippen LogP contribution in [0.3, 0.4) is 0 Å². The van der Waals surface area contributed by atoms with Crippen molar-refractivity contribution >= 4 is 12.0 Å². The molecule has 1 atom stereocenters. The van der Waals surface area contributed by atoms with Gasteiger partial charge in [-0.2, -0.15) is 0 Å². The minimum absolute atomic E-state index is 0.0184. The van der Waals surface area contributed by atoms with Crippen LogP contribution < -0.4 is 5.32 Å². The van der Waals surface area contributed by atoms with Gasteiger partial charge in [0.25, 0.3) is 0 Å². The molecule has 1 aromatic carbocycles. The lowest BCUT2D eigenvalue weighted by Gasteiger charge is -2.30. The van der Waals surface area contributed by atoms with Crippen molar-refractivity contribution in [2.24, 2.45) is 0 Å². The third kappa shape index (κ3) is 3.67. The monoisotopic (exact) mass is 282 g/mol. The second-order valence-corrected chi connectivity index (χ2v) is 4.43. The Morgan fingerprint density at radius 2 is 2.10 bits per heavy atom. The summed E-state index contributed by atoms with van der Waals surface area (Å²) in [4.78, 5) is 24.1. The van der Waals surface area contributed by atoms with E-state index in [4.69, 9.17) is 9.84 Å². The van der Waals surface area contributed by atoms with Crippen LogP contribution in [0, 0.1) is 5.82 Å². The summed E-state index contributed by atoms with van der Waals surface area (Å²) in [5.74, 6) is -1.42. The zero-order valence-corrected chi connectivity index (χ0v) is 10.7.